The van der Waals surface area contributed by atoms with E-state index in [0.717, 1.165) is 12.8 Å². The first-order valence-electron chi connectivity index (χ1n) is 7.16. The lowest BCUT2D eigenvalue weighted by atomic mass is 10.3. The summed E-state index contributed by atoms with van der Waals surface area (Å²) in [6.45, 7) is 2.78. The number of hydrogen-bond donors (Lipinski definition) is 7. The Labute approximate surface area is 135 Å². The van der Waals surface area contributed by atoms with Crippen molar-refractivity contribution >= 4 is 22.5 Å². The van der Waals surface area contributed by atoms with Gasteiger partial charge in [-0.1, -0.05) is 13.3 Å². The van der Waals surface area contributed by atoms with Crippen LogP contribution in [0.4, 0.5) is 0 Å². The molecule has 13 heteroatoms. The summed E-state index contributed by atoms with van der Waals surface area (Å²) in [5.74, 6) is 0. The van der Waals surface area contributed by atoms with Gasteiger partial charge in [-0.2, -0.15) is 9.03 Å². The third-order valence-corrected chi connectivity index (χ3v) is 11.1. The summed E-state index contributed by atoms with van der Waals surface area (Å²) in [6, 6.07) is 0. The van der Waals surface area contributed by atoms with Gasteiger partial charge in [0.05, 0.1) is 0 Å². The second-order valence-electron chi connectivity index (χ2n) is 4.46. The molecule has 0 aliphatic heterocycles. The smallest absolute Gasteiger partial charge is 0.256 e. The average molecular weight is 374 g/mol. The Hall–Kier alpha value is 0.410. The lowest BCUT2D eigenvalue weighted by molar-refractivity contribution is 0.810. The fourth-order valence-corrected chi connectivity index (χ4v) is 8.96. The molecule has 1 unspecified atom stereocenters. The number of unbranched alkanes of at least 4 members (excludes halogenated alkanes) is 1. The summed E-state index contributed by atoms with van der Waals surface area (Å²) in [5, 5.41) is 15.6. The highest BCUT2D eigenvalue weighted by molar-refractivity contribution is 7.77. The highest BCUT2D eigenvalue weighted by Crippen LogP contribution is 2.60. The van der Waals surface area contributed by atoms with Gasteiger partial charge in [-0.05, 0) is 41.7 Å². The minimum absolute atomic E-state index is 0.666. The number of hydrogen-bond acceptors (Lipinski definition) is 1. The Morgan fingerprint density at radius 3 is 1.73 bits per heavy atom. The van der Waals surface area contributed by atoms with Crippen molar-refractivity contribution in [2.24, 2.45) is 24.8 Å². The van der Waals surface area contributed by atoms with Gasteiger partial charge in [0.15, 0.2) is 15.0 Å². The van der Waals surface area contributed by atoms with Crippen molar-refractivity contribution < 1.29 is 0 Å². The van der Waals surface area contributed by atoms with Crippen LogP contribution in [0, 0.1) is 0 Å². The maximum absolute atomic E-state index is 6.06. The molecule has 0 saturated carbocycles. The molecule has 1 atom stereocenters. The maximum atomic E-state index is 6.06. The van der Waals surface area contributed by atoms with E-state index in [1.54, 1.807) is 14.1 Å². The SMILES string of the molecule is CCCCN=P(N=P(N)(N)NC)(N=P(NC)(NC)NC)NC. The van der Waals surface area contributed by atoms with Crippen LogP contribution in [-0.2, 0) is 0 Å². The molecule has 0 fully saturated rings. The minimum Gasteiger partial charge on any atom is -0.273 e. The largest absolute Gasteiger partial charge is 0.273 e. The maximum Gasteiger partial charge on any atom is 0.256 e. The summed E-state index contributed by atoms with van der Waals surface area (Å²) in [5.41, 5.74) is 12.1. The zero-order valence-corrected chi connectivity index (χ0v) is 17.1. The van der Waals surface area contributed by atoms with Crippen molar-refractivity contribution in [2.45, 2.75) is 19.8 Å². The van der Waals surface area contributed by atoms with Crippen LogP contribution < -0.4 is 36.4 Å². The molecule has 0 aromatic heterocycles. The Morgan fingerprint density at radius 1 is 0.818 bits per heavy atom. The fraction of sp³-hybridized carbons (Fsp3) is 1.00. The van der Waals surface area contributed by atoms with Crippen LogP contribution in [0.25, 0.3) is 0 Å². The second-order valence-corrected chi connectivity index (χ2v) is 12.3. The van der Waals surface area contributed by atoms with E-state index in [0.29, 0.717) is 6.54 Å². The van der Waals surface area contributed by atoms with E-state index in [9.17, 15) is 0 Å². The molecular weight excluding hydrogens is 341 g/mol. The van der Waals surface area contributed by atoms with Crippen LogP contribution in [0.1, 0.15) is 19.8 Å². The van der Waals surface area contributed by atoms with E-state index in [1.807, 2.05) is 21.1 Å². The summed E-state index contributed by atoms with van der Waals surface area (Å²) < 4.78 is 14.2. The molecule has 0 aromatic carbocycles. The first-order valence-corrected chi connectivity index (χ1v) is 12.4. The van der Waals surface area contributed by atoms with Gasteiger partial charge in [-0.15, -0.1) is 0 Å². The quantitative estimate of drug-likeness (QED) is 0.227. The number of nitrogens with two attached hydrogens (primary N) is 2. The molecule has 0 radical (unpaired) electrons. The molecule has 0 aliphatic rings. The van der Waals surface area contributed by atoms with E-state index in [-0.39, 0.29) is 0 Å². The van der Waals surface area contributed by atoms with Crippen LogP contribution in [0.15, 0.2) is 13.8 Å². The first-order chi connectivity index (χ1) is 10.3. The van der Waals surface area contributed by atoms with Crippen LogP contribution in [0.2, 0.25) is 0 Å². The number of nitrogens with zero attached hydrogens (tertiary/aromatic N) is 3. The van der Waals surface area contributed by atoms with E-state index in [2.05, 4.69) is 36.9 Å². The highest BCUT2D eigenvalue weighted by atomic mass is 31.2. The lowest BCUT2D eigenvalue weighted by Crippen LogP contribution is -2.26. The molecule has 0 amide bonds. The fourth-order valence-electron chi connectivity index (χ4n) is 1.51. The zero-order chi connectivity index (χ0) is 17.3. The van der Waals surface area contributed by atoms with Crippen molar-refractivity contribution in [2.75, 3.05) is 41.8 Å². The minimum atomic E-state index is -2.62. The molecule has 0 rings (SSSR count). The second kappa shape index (κ2) is 10.3. The standard InChI is InChI=1S/C9H33N10P3/c1-7-8-9-17-22(16-6,18-20(10,11)12-2)19-21(13-3,14-4)15-5/h12-16H,7-11H2,1-6H3. The number of rotatable bonds is 10. The molecule has 0 spiro atoms. The Morgan fingerprint density at radius 2 is 1.36 bits per heavy atom. The van der Waals surface area contributed by atoms with Crippen LogP contribution >= 0.6 is 22.5 Å². The van der Waals surface area contributed by atoms with E-state index in [1.165, 1.54) is 0 Å². The monoisotopic (exact) mass is 374 g/mol. The summed E-state index contributed by atoms with van der Waals surface area (Å²) in [6.07, 6.45) is 2.02. The van der Waals surface area contributed by atoms with Crippen molar-refractivity contribution in [3.05, 3.63) is 0 Å². The molecule has 0 heterocycles. The molecule has 0 aliphatic carbocycles. The van der Waals surface area contributed by atoms with Gasteiger partial charge in [0.1, 0.15) is 0 Å². The van der Waals surface area contributed by atoms with Crippen LogP contribution in [-0.4, -0.2) is 41.8 Å². The molecule has 22 heavy (non-hydrogen) atoms. The van der Waals surface area contributed by atoms with E-state index >= 15 is 0 Å². The van der Waals surface area contributed by atoms with Crippen LogP contribution in [0.3, 0.4) is 0 Å². The normalized spacial score (nSPS) is 15.3. The van der Waals surface area contributed by atoms with Gasteiger partial charge in [0, 0.05) is 6.54 Å². The molecule has 0 saturated heterocycles. The topological polar surface area (TPSA) is 149 Å². The van der Waals surface area contributed by atoms with Gasteiger partial charge >= 0.3 is 0 Å². The van der Waals surface area contributed by atoms with Crippen molar-refractivity contribution in [3.8, 4) is 0 Å². The summed E-state index contributed by atoms with van der Waals surface area (Å²) in [4.78, 5) is 0. The van der Waals surface area contributed by atoms with E-state index < -0.39 is 22.5 Å². The van der Waals surface area contributed by atoms with Crippen molar-refractivity contribution in [3.63, 3.8) is 0 Å². The average Bonchev–Trinajstić information content (AvgIpc) is 2.52. The predicted molar refractivity (Wildman–Crippen MR) is 101 cm³/mol. The van der Waals surface area contributed by atoms with Crippen molar-refractivity contribution in [1.82, 2.24) is 25.4 Å². The van der Waals surface area contributed by atoms with Gasteiger partial charge in [-0.3, -0.25) is 36.4 Å². The van der Waals surface area contributed by atoms with Gasteiger partial charge < -0.3 is 0 Å². The Bertz CT molecular complexity index is 463. The molecular formula is C9H33N10P3. The van der Waals surface area contributed by atoms with Gasteiger partial charge in [0.2, 0.25) is 0 Å². The zero-order valence-electron chi connectivity index (χ0n) is 14.5. The predicted octanol–water partition coefficient (Wildman–Crippen LogP) is 1.64. The third-order valence-electron chi connectivity index (χ3n) is 2.97. The van der Waals surface area contributed by atoms with Crippen molar-refractivity contribution in [1.29, 1.82) is 0 Å². The van der Waals surface area contributed by atoms with Gasteiger partial charge in [0.25, 0.3) is 7.51 Å². The molecule has 0 aromatic rings. The van der Waals surface area contributed by atoms with Gasteiger partial charge in [-0.25, -0.2) is 4.74 Å². The summed E-state index contributed by atoms with van der Waals surface area (Å²) in [7, 11) is 1.63. The molecule has 9 N–H and O–H groups in total. The number of nitrogens with one attached hydrogen (secondary N) is 5. The molecule has 134 valence electrons. The molecule has 10 nitrogen and oxygen atoms in total. The third kappa shape index (κ3) is 6.89. The Balaban J connectivity index is 6.27. The first kappa shape index (κ1) is 22.4. The van der Waals surface area contributed by atoms with E-state index in [4.69, 9.17) is 20.3 Å². The Kier molecular flexibility index (Phi) is 10.5. The highest BCUT2D eigenvalue weighted by Gasteiger charge is 2.24. The lowest BCUT2D eigenvalue weighted by Gasteiger charge is -2.27. The van der Waals surface area contributed by atoms with Crippen LogP contribution in [0.5, 0.6) is 0 Å². The molecule has 0 bridgehead atoms. The summed E-state index contributed by atoms with van der Waals surface area (Å²) >= 11 is 0.